The van der Waals surface area contributed by atoms with E-state index in [1.807, 2.05) is 12.2 Å². The molecule has 0 aromatic heterocycles. The van der Waals surface area contributed by atoms with Gasteiger partial charge in [0.15, 0.2) is 0 Å². The van der Waals surface area contributed by atoms with Crippen molar-refractivity contribution >= 4 is 10.2 Å². The van der Waals surface area contributed by atoms with Crippen molar-refractivity contribution < 1.29 is 4.74 Å². The second kappa shape index (κ2) is 4.05. The van der Waals surface area contributed by atoms with Crippen LogP contribution in [0.5, 0.6) is 0 Å². The maximum atomic E-state index is 5.79. The van der Waals surface area contributed by atoms with Crippen molar-refractivity contribution in [2.45, 2.75) is 24.5 Å². The minimum Gasteiger partial charge on any atom is -0.378 e. The molecule has 0 aromatic rings. The fraction of sp³-hybridized carbons (Fsp3) is 0.500. The summed E-state index contributed by atoms with van der Waals surface area (Å²) >= 11 is 0. The molecule has 67 valence electrons. The molecule has 1 aliphatic rings. The standard InChI is InChI=1S/C10H17OSi/c1-3-9(4-2)10(12)7-5-6-8-11-10/h3-4H,1-2,5-8H2,12H3. The SMILES string of the molecule is C=C[C](C=C)C1([SiH3])CCCCO1. The van der Waals surface area contributed by atoms with Gasteiger partial charge in [0.05, 0.1) is 5.22 Å². The van der Waals surface area contributed by atoms with Gasteiger partial charge in [-0.15, -0.1) is 13.2 Å². The Bertz CT molecular complexity index is 163. The minimum atomic E-state index is 0.0156. The van der Waals surface area contributed by atoms with Crippen molar-refractivity contribution in [2.24, 2.45) is 0 Å². The molecular weight excluding hydrogens is 164 g/mol. The van der Waals surface area contributed by atoms with Crippen LogP contribution in [0.2, 0.25) is 0 Å². The third kappa shape index (κ3) is 1.87. The van der Waals surface area contributed by atoms with Gasteiger partial charge in [-0.2, -0.15) is 0 Å². The van der Waals surface area contributed by atoms with Crippen LogP contribution in [-0.4, -0.2) is 22.1 Å². The maximum absolute atomic E-state index is 5.79. The second-order valence-corrected chi connectivity index (χ2v) is 5.02. The minimum absolute atomic E-state index is 0.0156. The first-order valence-electron chi connectivity index (χ1n) is 4.49. The third-order valence-electron chi connectivity index (χ3n) is 2.52. The predicted octanol–water partition coefficient (Wildman–Crippen LogP) is 1.20. The molecule has 1 atom stereocenters. The van der Waals surface area contributed by atoms with Crippen LogP contribution in [0.15, 0.2) is 25.3 Å². The Labute approximate surface area is 77.9 Å². The smallest absolute Gasteiger partial charge is 0.0619 e. The summed E-state index contributed by atoms with van der Waals surface area (Å²) in [6.07, 6.45) is 7.38. The first kappa shape index (κ1) is 9.74. The highest BCUT2D eigenvalue weighted by atomic mass is 28.1. The molecule has 1 radical (unpaired) electrons. The van der Waals surface area contributed by atoms with Gasteiger partial charge >= 0.3 is 0 Å². The van der Waals surface area contributed by atoms with Crippen LogP contribution in [-0.2, 0) is 4.74 Å². The molecule has 1 aliphatic heterocycles. The summed E-state index contributed by atoms with van der Waals surface area (Å²) in [4.78, 5) is 0. The number of ether oxygens (including phenoxy) is 1. The van der Waals surface area contributed by atoms with Crippen LogP contribution in [0.1, 0.15) is 19.3 Å². The van der Waals surface area contributed by atoms with Gasteiger partial charge in [0, 0.05) is 22.8 Å². The predicted molar refractivity (Wildman–Crippen MR) is 56.1 cm³/mol. The zero-order valence-corrected chi connectivity index (χ0v) is 9.81. The van der Waals surface area contributed by atoms with E-state index in [0.29, 0.717) is 0 Å². The van der Waals surface area contributed by atoms with Crippen molar-refractivity contribution in [3.8, 4) is 0 Å². The highest BCUT2D eigenvalue weighted by Gasteiger charge is 2.33. The van der Waals surface area contributed by atoms with Crippen molar-refractivity contribution in [3.63, 3.8) is 0 Å². The first-order valence-corrected chi connectivity index (χ1v) is 5.49. The van der Waals surface area contributed by atoms with E-state index < -0.39 is 0 Å². The quantitative estimate of drug-likeness (QED) is 0.594. The molecule has 0 amide bonds. The summed E-state index contributed by atoms with van der Waals surface area (Å²) in [5, 5.41) is 0.0156. The average molecular weight is 181 g/mol. The van der Waals surface area contributed by atoms with Crippen molar-refractivity contribution in [3.05, 3.63) is 31.2 Å². The summed E-state index contributed by atoms with van der Waals surface area (Å²) in [5.41, 5.74) is 0. The molecule has 0 N–H and O–H groups in total. The third-order valence-corrected chi connectivity index (χ3v) is 3.89. The fourth-order valence-electron chi connectivity index (χ4n) is 1.68. The van der Waals surface area contributed by atoms with Gasteiger partial charge in [-0.05, 0) is 19.3 Å². The highest BCUT2D eigenvalue weighted by molar-refractivity contribution is 6.16. The molecule has 1 saturated heterocycles. The summed E-state index contributed by atoms with van der Waals surface area (Å²) in [5.74, 6) is 1.17. The molecule has 0 spiro atoms. The molecule has 12 heavy (non-hydrogen) atoms. The first-order chi connectivity index (χ1) is 5.73. The lowest BCUT2D eigenvalue weighted by Crippen LogP contribution is -2.41. The van der Waals surface area contributed by atoms with E-state index in [1.54, 1.807) is 0 Å². The van der Waals surface area contributed by atoms with Gasteiger partial charge in [0.25, 0.3) is 0 Å². The highest BCUT2D eigenvalue weighted by Crippen LogP contribution is 2.31. The molecule has 0 saturated carbocycles. The zero-order chi connectivity index (χ0) is 9.03. The van der Waals surface area contributed by atoms with Crippen molar-refractivity contribution in [1.29, 1.82) is 0 Å². The molecule has 0 aliphatic carbocycles. The fourth-order valence-corrected chi connectivity index (χ4v) is 2.64. The Kier molecular flexibility index (Phi) is 3.29. The largest absolute Gasteiger partial charge is 0.378 e. The summed E-state index contributed by atoms with van der Waals surface area (Å²) in [6, 6.07) is 0. The van der Waals surface area contributed by atoms with Gasteiger partial charge in [0.2, 0.25) is 0 Å². The van der Waals surface area contributed by atoms with Gasteiger partial charge in [-0.25, -0.2) is 0 Å². The van der Waals surface area contributed by atoms with Crippen molar-refractivity contribution in [2.75, 3.05) is 6.61 Å². The molecule has 0 aromatic carbocycles. The van der Waals surface area contributed by atoms with Crippen LogP contribution < -0.4 is 0 Å². The van der Waals surface area contributed by atoms with Crippen LogP contribution in [0, 0.1) is 5.92 Å². The monoisotopic (exact) mass is 181 g/mol. The topological polar surface area (TPSA) is 9.23 Å². The Balaban J connectivity index is 2.65. The van der Waals surface area contributed by atoms with Crippen LogP contribution in [0.3, 0.4) is 0 Å². The van der Waals surface area contributed by atoms with Gasteiger partial charge in [-0.1, -0.05) is 12.2 Å². The molecule has 1 rings (SSSR count). The molecule has 1 fully saturated rings. The Morgan fingerprint density at radius 1 is 1.33 bits per heavy atom. The van der Waals surface area contributed by atoms with Gasteiger partial charge in [0.1, 0.15) is 0 Å². The number of hydrogen-bond donors (Lipinski definition) is 0. The average Bonchev–Trinajstić information content (AvgIpc) is 2.07. The second-order valence-electron chi connectivity index (χ2n) is 3.40. The Morgan fingerprint density at radius 2 is 2.00 bits per heavy atom. The van der Waals surface area contributed by atoms with Crippen LogP contribution in [0.25, 0.3) is 0 Å². The van der Waals surface area contributed by atoms with E-state index in [0.717, 1.165) is 23.3 Å². The number of rotatable bonds is 3. The van der Waals surface area contributed by atoms with Crippen LogP contribution >= 0.6 is 0 Å². The molecule has 1 nitrogen and oxygen atoms in total. The summed E-state index contributed by atoms with van der Waals surface area (Å²) in [6.45, 7) is 8.47. The summed E-state index contributed by atoms with van der Waals surface area (Å²) in [7, 11) is 1.03. The van der Waals surface area contributed by atoms with E-state index >= 15 is 0 Å². The van der Waals surface area contributed by atoms with E-state index in [1.165, 1.54) is 18.8 Å². The van der Waals surface area contributed by atoms with E-state index in [2.05, 4.69) is 13.2 Å². The number of hydrogen-bond acceptors (Lipinski definition) is 1. The lowest BCUT2D eigenvalue weighted by molar-refractivity contribution is -0.0000324. The molecule has 1 unspecified atom stereocenters. The molecule has 2 heteroatoms. The normalized spacial score (nSPS) is 30.4. The Morgan fingerprint density at radius 3 is 2.42 bits per heavy atom. The van der Waals surface area contributed by atoms with Gasteiger partial charge < -0.3 is 4.74 Å². The lowest BCUT2D eigenvalue weighted by atomic mass is 9.95. The molecule has 1 heterocycles. The van der Waals surface area contributed by atoms with Crippen molar-refractivity contribution in [1.82, 2.24) is 0 Å². The molecule has 0 bridgehead atoms. The summed E-state index contributed by atoms with van der Waals surface area (Å²) < 4.78 is 5.79. The maximum Gasteiger partial charge on any atom is 0.0619 e. The van der Waals surface area contributed by atoms with E-state index in [4.69, 9.17) is 4.74 Å². The van der Waals surface area contributed by atoms with E-state index in [9.17, 15) is 0 Å². The Hall–Kier alpha value is -0.343. The van der Waals surface area contributed by atoms with Crippen LogP contribution in [0.4, 0.5) is 0 Å². The van der Waals surface area contributed by atoms with Gasteiger partial charge in [-0.3, -0.25) is 0 Å². The molecular formula is C10H17OSi. The lowest BCUT2D eigenvalue weighted by Gasteiger charge is -2.37. The van der Waals surface area contributed by atoms with E-state index in [-0.39, 0.29) is 5.22 Å². The zero-order valence-electron chi connectivity index (χ0n) is 7.81.